The summed E-state index contributed by atoms with van der Waals surface area (Å²) < 4.78 is 5.05. The highest BCUT2D eigenvalue weighted by Crippen LogP contribution is 2.26. The number of halogens is 1. The van der Waals surface area contributed by atoms with Crippen LogP contribution in [0.25, 0.3) is 0 Å². The van der Waals surface area contributed by atoms with Crippen molar-refractivity contribution < 1.29 is 9.84 Å². The molecule has 1 aromatic carbocycles. The Balaban J connectivity index is 0.00000338. The zero-order valence-corrected chi connectivity index (χ0v) is 18.6. The van der Waals surface area contributed by atoms with Gasteiger partial charge in [0.2, 0.25) is 0 Å². The molecule has 144 valence electrons. The Morgan fingerprint density at radius 3 is 2.69 bits per heavy atom. The Morgan fingerprint density at radius 1 is 1.35 bits per heavy atom. The summed E-state index contributed by atoms with van der Waals surface area (Å²) >= 11 is 1.61. The van der Waals surface area contributed by atoms with Crippen molar-refractivity contribution >= 4 is 46.4 Å². The first-order valence-electron chi connectivity index (χ1n) is 8.03. The van der Waals surface area contributed by atoms with Crippen molar-refractivity contribution in [1.29, 1.82) is 0 Å². The van der Waals surface area contributed by atoms with Crippen molar-refractivity contribution in [2.24, 2.45) is 4.99 Å². The van der Waals surface area contributed by atoms with Crippen LogP contribution in [-0.2, 0) is 13.1 Å². The van der Waals surface area contributed by atoms with E-state index in [0.717, 1.165) is 22.9 Å². The standard InChI is InChI=1S/C17H25N5O2S.HI/c1-5-18-16(20-10-13-11-25-17(21-13)22(2)3)19-9-12-6-7-15(24-4)14(23)8-12;/h6-8,11,23H,5,9-10H2,1-4H3,(H2,18,19,20);1H. The third-order valence-electron chi connectivity index (χ3n) is 3.37. The predicted octanol–water partition coefficient (Wildman–Crippen LogP) is 2.80. The molecule has 2 aromatic rings. The van der Waals surface area contributed by atoms with Crippen molar-refractivity contribution in [3.8, 4) is 11.5 Å². The third-order valence-corrected chi connectivity index (χ3v) is 4.42. The molecule has 26 heavy (non-hydrogen) atoms. The molecule has 0 saturated carbocycles. The summed E-state index contributed by atoms with van der Waals surface area (Å²) in [5.74, 6) is 1.28. The van der Waals surface area contributed by atoms with Gasteiger partial charge in [-0.05, 0) is 24.6 Å². The zero-order chi connectivity index (χ0) is 18.2. The molecule has 0 radical (unpaired) electrons. The van der Waals surface area contributed by atoms with E-state index in [1.54, 1.807) is 23.5 Å². The monoisotopic (exact) mass is 491 g/mol. The maximum atomic E-state index is 9.84. The van der Waals surface area contributed by atoms with Crippen LogP contribution < -0.4 is 20.3 Å². The van der Waals surface area contributed by atoms with Gasteiger partial charge in [0, 0.05) is 26.0 Å². The quantitative estimate of drug-likeness (QED) is 0.314. The fourth-order valence-electron chi connectivity index (χ4n) is 2.10. The van der Waals surface area contributed by atoms with Gasteiger partial charge in [-0.15, -0.1) is 35.3 Å². The van der Waals surface area contributed by atoms with Crippen LogP contribution in [0, 0.1) is 0 Å². The molecular formula is C17H26IN5O2S. The average molecular weight is 491 g/mol. The Kier molecular flexibility index (Phi) is 9.49. The number of anilines is 1. The molecule has 0 saturated heterocycles. The van der Waals surface area contributed by atoms with Gasteiger partial charge in [0.25, 0.3) is 0 Å². The largest absolute Gasteiger partial charge is 0.504 e. The second kappa shape index (κ2) is 11.1. The first kappa shape index (κ1) is 22.3. The summed E-state index contributed by atoms with van der Waals surface area (Å²) in [6.07, 6.45) is 0. The first-order chi connectivity index (χ1) is 12.0. The van der Waals surface area contributed by atoms with Gasteiger partial charge >= 0.3 is 0 Å². The molecule has 3 N–H and O–H groups in total. The lowest BCUT2D eigenvalue weighted by atomic mass is 10.2. The van der Waals surface area contributed by atoms with Crippen molar-refractivity contribution in [2.75, 3.05) is 32.6 Å². The normalized spacial score (nSPS) is 10.8. The Bertz CT molecular complexity index is 721. The van der Waals surface area contributed by atoms with Crippen molar-refractivity contribution in [1.82, 2.24) is 15.6 Å². The molecule has 0 amide bonds. The molecular weight excluding hydrogens is 465 g/mol. The van der Waals surface area contributed by atoms with Gasteiger partial charge < -0.3 is 25.4 Å². The van der Waals surface area contributed by atoms with Gasteiger partial charge in [0.15, 0.2) is 22.6 Å². The van der Waals surface area contributed by atoms with Crippen molar-refractivity contribution in [3.63, 3.8) is 0 Å². The van der Waals surface area contributed by atoms with Crippen LogP contribution in [0.3, 0.4) is 0 Å². The number of aromatic hydroxyl groups is 1. The summed E-state index contributed by atoms with van der Waals surface area (Å²) in [6, 6.07) is 5.28. The van der Waals surface area contributed by atoms with E-state index < -0.39 is 0 Å². The first-order valence-corrected chi connectivity index (χ1v) is 8.91. The van der Waals surface area contributed by atoms with E-state index in [1.807, 2.05) is 37.4 Å². The van der Waals surface area contributed by atoms with Crippen LogP contribution in [0.15, 0.2) is 28.6 Å². The molecule has 0 aliphatic rings. The summed E-state index contributed by atoms with van der Waals surface area (Å²) in [5, 5.41) is 19.3. The molecule has 9 heteroatoms. The van der Waals surface area contributed by atoms with E-state index in [4.69, 9.17) is 4.74 Å². The predicted molar refractivity (Wildman–Crippen MR) is 118 cm³/mol. The van der Waals surface area contributed by atoms with E-state index >= 15 is 0 Å². The van der Waals surface area contributed by atoms with Crippen LogP contribution in [0.4, 0.5) is 5.13 Å². The average Bonchev–Trinajstić information content (AvgIpc) is 3.07. The number of hydrogen-bond acceptors (Lipinski definition) is 6. The van der Waals surface area contributed by atoms with Gasteiger partial charge in [-0.1, -0.05) is 6.07 Å². The second-order valence-electron chi connectivity index (χ2n) is 5.57. The number of ether oxygens (including phenoxy) is 1. The van der Waals surface area contributed by atoms with Crippen LogP contribution in [0.5, 0.6) is 11.5 Å². The highest BCUT2D eigenvalue weighted by atomic mass is 127. The maximum Gasteiger partial charge on any atom is 0.191 e. The number of aliphatic imine (C=N–C) groups is 1. The number of hydrogen-bond donors (Lipinski definition) is 3. The fourth-order valence-corrected chi connectivity index (χ4v) is 2.86. The molecule has 0 atom stereocenters. The molecule has 0 spiro atoms. The van der Waals surface area contributed by atoms with Gasteiger partial charge in [0.1, 0.15) is 0 Å². The van der Waals surface area contributed by atoms with Crippen molar-refractivity contribution in [3.05, 3.63) is 34.8 Å². The molecule has 1 aromatic heterocycles. The lowest BCUT2D eigenvalue weighted by Crippen LogP contribution is -2.36. The number of aromatic nitrogens is 1. The minimum absolute atomic E-state index is 0. The van der Waals surface area contributed by atoms with Crippen LogP contribution in [0.1, 0.15) is 18.2 Å². The fraction of sp³-hybridized carbons (Fsp3) is 0.412. The summed E-state index contributed by atoms with van der Waals surface area (Å²) in [6.45, 7) is 3.83. The number of rotatable bonds is 7. The molecule has 0 bridgehead atoms. The number of phenols is 1. The Morgan fingerprint density at radius 2 is 2.12 bits per heavy atom. The number of nitrogens with one attached hydrogen (secondary N) is 2. The number of methoxy groups -OCH3 is 1. The SMILES string of the molecule is CCNC(=NCc1ccc(OC)c(O)c1)NCc1csc(N(C)C)n1.I. The molecule has 2 rings (SSSR count). The highest BCUT2D eigenvalue weighted by Gasteiger charge is 2.06. The van der Waals surface area contributed by atoms with Gasteiger partial charge in [-0.3, -0.25) is 0 Å². The molecule has 1 heterocycles. The summed E-state index contributed by atoms with van der Waals surface area (Å²) in [5.41, 5.74) is 1.88. The zero-order valence-electron chi connectivity index (χ0n) is 15.4. The lowest BCUT2D eigenvalue weighted by Gasteiger charge is -2.11. The van der Waals surface area contributed by atoms with E-state index in [2.05, 4.69) is 20.6 Å². The summed E-state index contributed by atoms with van der Waals surface area (Å²) in [7, 11) is 5.48. The second-order valence-corrected chi connectivity index (χ2v) is 6.41. The van der Waals surface area contributed by atoms with Crippen molar-refractivity contribution in [2.45, 2.75) is 20.0 Å². The number of nitrogens with zero attached hydrogens (tertiary/aromatic N) is 3. The molecule has 0 aliphatic carbocycles. The minimum Gasteiger partial charge on any atom is -0.504 e. The van der Waals surface area contributed by atoms with E-state index in [9.17, 15) is 5.11 Å². The molecule has 0 fully saturated rings. The lowest BCUT2D eigenvalue weighted by molar-refractivity contribution is 0.373. The summed E-state index contributed by atoms with van der Waals surface area (Å²) in [4.78, 5) is 11.1. The van der Waals surface area contributed by atoms with Gasteiger partial charge in [-0.2, -0.15) is 0 Å². The van der Waals surface area contributed by atoms with E-state index in [1.165, 1.54) is 7.11 Å². The third kappa shape index (κ3) is 6.52. The Labute approximate surface area is 175 Å². The Hall–Kier alpha value is -1.75. The highest BCUT2D eigenvalue weighted by molar-refractivity contribution is 14.0. The van der Waals surface area contributed by atoms with Gasteiger partial charge in [-0.25, -0.2) is 9.98 Å². The number of thiazole rings is 1. The molecule has 7 nitrogen and oxygen atoms in total. The van der Waals surface area contributed by atoms with Crippen LogP contribution in [-0.4, -0.2) is 43.8 Å². The van der Waals surface area contributed by atoms with Crippen LogP contribution >= 0.6 is 35.3 Å². The number of guanidine groups is 1. The van der Waals surface area contributed by atoms with E-state index in [-0.39, 0.29) is 29.7 Å². The number of benzene rings is 1. The topological polar surface area (TPSA) is 82.0 Å². The van der Waals surface area contributed by atoms with Crippen LogP contribution in [0.2, 0.25) is 0 Å². The minimum atomic E-state index is 0. The molecule has 0 unspecified atom stereocenters. The maximum absolute atomic E-state index is 9.84. The molecule has 0 aliphatic heterocycles. The smallest absolute Gasteiger partial charge is 0.191 e. The van der Waals surface area contributed by atoms with Gasteiger partial charge in [0.05, 0.1) is 25.9 Å². The number of phenolic OH excluding ortho intramolecular Hbond substituents is 1. The van der Waals surface area contributed by atoms with E-state index in [0.29, 0.717) is 24.8 Å².